The molecule has 0 unspecified atom stereocenters. The molecular weight excluding hydrogens is 278 g/mol. The molecule has 2 rings (SSSR count). The average Bonchev–Trinajstić information content (AvgIpc) is 2.80. The molecule has 0 aliphatic heterocycles. The normalized spacial score (nSPS) is 10.8. The van der Waals surface area contributed by atoms with Gasteiger partial charge >= 0.3 is 5.97 Å². The standard InChI is InChI=1S/C14H16ClN3O2/c1-9(2)18-7-11(16)5-13(18)14(19)20-8-10-3-4-17-6-12(10)15/h3-7,9H,8,16H2,1-2H3. The zero-order valence-electron chi connectivity index (χ0n) is 11.3. The van der Waals surface area contributed by atoms with E-state index in [1.165, 1.54) is 6.20 Å². The minimum Gasteiger partial charge on any atom is -0.456 e. The first-order chi connectivity index (χ1) is 9.49. The molecule has 6 heteroatoms. The fourth-order valence-electron chi connectivity index (χ4n) is 1.83. The van der Waals surface area contributed by atoms with Gasteiger partial charge in [-0.15, -0.1) is 0 Å². The second-order valence-electron chi connectivity index (χ2n) is 4.70. The second kappa shape index (κ2) is 5.96. The van der Waals surface area contributed by atoms with E-state index in [2.05, 4.69) is 4.98 Å². The average molecular weight is 294 g/mol. The molecule has 0 spiro atoms. The molecule has 0 bridgehead atoms. The van der Waals surface area contributed by atoms with Crippen molar-refractivity contribution in [1.29, 1.82) is 0 Å². The summed E-state index contributed by atoms with van der Waals surface area (Å²) in [7, 11) is 0. The zero-order valence-corrected chi connectivity index (χ0v) is 12.1. The van der Waals surface area contributed by atoms with E-state index < -0.39 is 5.97 Å². The van der Waals surface area contributed by atoms with E-state index in [4.69, 9.17) is 22.1 Å². The van der Waals surface area contributed by atoms with E-state index in [0.29, 0.717) is 22.0 Å². The van der Waals surface area contributed by atoms with Crippen molar-refractivity contribution >= 4 is 23.3 Å². The summed E-state index contributed by atoms with van der Waals surface area (Å²) in [5.74, 6) is -0.428. The van der Waals surface area contributed by atoms with E-state index in [1.807, 2.05) is 13.8 Å². The minimum absolute atomic E-state index is 0.101. The van der Waals surface area contributed by atoms with Crippen LogP contribution in [0.1, 0.15) is 35.9 Å². The van der Waals surface area contributed by atoms with Gasteiger partial charge in [0.25, 0.3) is 0 Å². The molecule has 20 heavy (non-hydrogen) atoms. The predicted molar refractivity (Wildman–Crippen MR) is 77.6 cm³/mol. The highest BCUT2D eigenvalue weighted by Gasteiger charge is 2.16. The van der Waals surface area contributed by atoms with Crippen LogP contribution in [-0.2, 0) is 11.3 Å². The lowest BCUT2D eigenvalue weighted by Crippen LogP contribution is -2.13. The molecule has 0 radical (unpaired) electrons. The van der Waals surface area contributed by atoms with E-state index in [0.717, 1.165) is 0 Å². The summed E-state index contributed by atoms with van der Waals surface area (Å²) in [4.78, 5) is 16.0. The van der Waals surface area contributed by atoms with Gasteiger partial charge in [0.05, 0.1) is 10.7 Å². The van der Waals surface area contributed by atoms with Gasteiger partial charge in [-0.2, -0.15) is 0 Å². The van der Waals surface area contributed by atoms with Gasteiger partial charge < -0.3 is 15.0 Å². The van der Waals surface area contributed by atoms with Crippen molar-refractivity contribution < 1.29 is 9.53 Å². The van der Waals surface area contributed by atoms with Crippen molar-refractivity contribution in [2.75, 3.05) is 5.73 Å². The van der Waals surface area contributed by atoms with Crippen molar-refractivity contribution in [2.45, 2.75) is 26.5 Å². The van der Waals surface area contributed by atoms with Crippen LogP contribution >= 0.6 is 11.6 Å². The summed E-state index contributed by atoms with van der Waals surface area (Å²) in [5.41, 5.74) is 7.41. The summed E-state index contributed by atoms with van der Waals surface area (Å²) in [6.07, 6.45) is 4.84. The number of esters is 1. The van der Waals surface area contributed by atoms with Crippen LogP contribution in [0.25, 0.3) is 0 Å². The van der Waals surface area contributed by atoms with Crippen LogP contribution in [0.5, 0.6) is 0 Å². The van der Waals surface area contributed by atoms with Gasteiger partial charge in [0, 0.05) is 30.2 Å². The molecule has 0 aliphatic carbocycles. The van der Waals surface area contributed by atoms with E-state index in [9.17, 15) is 4.79 Å². The van der Waals surface area contributed by atoms with Crippen molar-refractivity contribution in [3.05, 3.63) is 47.0 Å². The molecule has 0 aromatic carbocycles. The fourth-order valence-corrected chi connectivity index (χ4v) is 2.00. The van der Waals surface area contributed by atoms with Crippen LogP contribution < -0.4 is 5.73 Å². The number of rotatable bonds is 4. The number of carbonyl (C=O) groups excluding carboxylic acids is 1. The number of halogens is 1. The van der Waals surface area contributed by atoms with Crippen molar-refractivity contribution in [1.82, 2.24) is 9.55 Å². The molecular formula is C14H16ClN3O2. The molecule has 5 nitrogen and oxygen atoms in total. The summed E-state index contributed by atoms with van der Waals surface area (Å²) < 4.78 is 7.06. The molecule has 0 saturated carbocycles. The topological polar surface area (TPSA) is 70.1 Å². The first-order valence-electron chi connectivity index (χ1n) is 6.22. The van der Waals surface area contributed by atoms with Gasteiger partial charge in [-0.1, -0.05) is 11.6 Å². The molecule has 0 aliphatic rings. The van der Waals surface area contributed by atoms with Crippen LogP contribution in [-0.4, -0.2) is 15.5 Å². The maximum Gasteiger partial charge on any atom is 0.355 e. The Morgan fingerprint density at radius 3 is 2.95 bits per heavy atom. The van der Waals surface area contributed by atoms with Crippen molar-refractivity contribution in [2.24, 2.45) is 0 Å². The summed E-state index contributed by atoms with van der Waals surface area (Å²) >= 11 is 5.96. The summed E-state index contributed by atoms with van der Waals surface area (Å²) in [5, 5.41) is 0.471. The number of hydrogen-bond donors (Lipinski definition) is 1. The molecule has 2 heterocycles. The molecule has 0 atom stereocenters. The first-order valence-corrected chi connectivity index (χ1v) is 6.59. The fraction of sp³-hybridized carbons (Fsp3) is 0.286. The van der Waals surface area contributed by atoms with Gasteiger partial charge in [-0.3, -0.25) is 4.98 Å². The van der Waals surface area contributed by atoms with Crippen LogP contribution in [0.3, 0.4) is 0 Å². The third kappa shape index (κ3) is 3.11. The Morgan fingerprint density at radius 2 is 2.30 bits per heavy atom. The lowest BCUT2D eigenvalue weighted by atomic mass is 10.3. The Morgan fingerprint density at radius 1 is 1.55 bits per heavy atom. The minimum atomic E-state index is -0.428. The lowest BCUT2D eigenvalue weighted by Gasteiger charge is -2.12. The van der Waals surface area contributed by atoms with Gasteiger partial charge in [0.15, 0.2) is 0 Å². The van der Waals surface area contributed by atoms with E-state index in [1.54, 1.807) is 29.1 Å². The third-order valence-electron chi connectivity index (χ3n) is 2.85. The molecule has 2 N–H and O–H groups in total. The van der Waals surface area contributed by atoms with E-state index >= 15 is 0 Å². The lowest BCUT2D eigenvalue weighted by molar-refractivity contribution is 0.0458. The van der Waals surface area contributed by atoms with Gasteiger partial charge in [0.1, 0.15) is 12.3 Å². The molecule has 2 aromatic rings. The zero-order chi connectivity index (χ0) is 14.7. The number of nitrogens with zero attached hydrogens (tertiary/aromatic N) is 2. The number of nitrogen functional groups attached to an aromatic ring is 1. The summed E-state index contributed by atoms with van der Waals surface area (Å²) in [6.45, 7) is 4.04. The van der Waals surface area contributed by atoms with Crippen LogP contribution in [0.15, 0.2) is 30.7 Å². The Hall–Kier alpha value is -2.01. The number of nitrogens with two attached hydrogens (primary N) is 1. The van der Waals surface area contributed by atoms with Crippen LogP contribution in [0, 0.1) is 0 Å². The highest BCUT2D eigenvalue weighted by atomic mass is 35.5. The Labute approximate surface area is 122 Å². The van der Waals surface area contributed by atoms with Crippen LogP contribution in [0.2, 0.25) is 5.02 Å². The molecule has 0 amide bonds. The first kappa shape index (κ1) is 14.4. The maximum absolute atomic E-state index is 12.1. The number of hydrogen-bond acceptors (Lipinski definition) is 4. The van der Waals surface area contributed by atoms with E-state index in [-0.39, 0.29) is 12.6 Å². The second-order valence-corrected chi connectivity index (χ2v) is 5.11. The SMILES string of the molecule is CC(C)n1cc(N)cc1C(=O)OCc1ccncc1Cl. The monoisotopic (exact) mass is 293 g/mol. The predicted octanol–water partition coefficient (Wildman–Crippen LogP) is 3.06. The quantitative estimate of drug-likeness (QED) is 0.880. The molecule has 106 valence electrons. The molecule has 0 fully saturated rings. The van der Waals surface area contributed by atoms with Crippen LogP contribution in [0.4, 0.5) is 5.69 Å². The molecule has 2 aromatic heterocycles. The summed E-state index contributed by atoms with van der Waals surface area (Å²) in [6, 6.07) is 3.45. The Bertz CT molecular complexity index is 623. The number of pyridine rings is 1. The Kier molecular flexibility index (Phi) is 4.29. The number of aromatic nitrogens is 2. The largest absolute Gasteiger partial charge is 0.456 e. The number of ether oxygens (including phenoxy) is 1. The highest BCUT2D eigenvalue weighted by molar-refractivity contribution is 6.31. The smallest absolute Gasteiger partial charge is 0.355 e. The Balaban J connectivity index is 2.11. The third-order valence-corrected chi connectivity index (χ3v) is 3.19. The molecule has 0 saturated heterocycles. The van der Waals surface area contributed by atoms with Crippen molar-refractivity contribution in [3.63, 3.8) is 0 Å². The highest BCUT2D eigenvalue weighted by Crippen LogP contribution is 2.19. The van der Waals surface area contributed by atoms with Gasteiger partial charge in [0.2, 0.25) is 0 Å². The van der Waals surface area contributed by atoms with Crippen molar-refractivity contribution in [3.8, 4) is 0 Å². The number of carbonyl (C=O) groups is 1. The maximum atomic E-state index is 12.1. The van der Waals surface area contributed by atoms with Gasteiger partial charge in [-0.05, 0) is 26.0 Å². The van der Waals surface area contributed by atoms with Gasteiger partial charge in [-0.25, -0.2) is 4.79 Å². The number of anilines is 1.